The largest absolute Gasteiger partial charge is 0.374 e. The molecule has 0 saturated carbocycles. The number of hydrogen-bond acceptors (Lipinski definition) is 3. The van der Waals surface area contributed by atoms with Gasteiger partial charge in [-0.05, 0) is 25.3 Å². The summed E-state index contributed by atoms with van der Waals surface area (Å²) in [6, 6.07) is 0.0456. The first-order chi connectivity index (χ1) is 8.22. The molecule has 8 heteroatoms. The van der Waals surface area contributed by atoms with Crippen LogP contribution in [0.25, 0.3) is 0 Å². The molecule has 1 aliphatic heterocycles. The van der Waals surface area contributed by atoms with E-state index in [2.05, 4.69) is 6.92 Å². The van der Waals surface area contributed by atoms with Gasteiger partial charge in [0.25, 0.3) is 0 Å². The van der Waals surface area contributed by atoms with Gasteiger partial charge in [-0.15, -0.1) is 0 Å². The Hall–Kier alpha value is 0.605. The van der Waals surface area contributed by atoms with Gasteiger partial charge in [-0.3, -0.25) is 4.57 Å². The van der Waals surface area contributed by atoms with E-state index in [0.717, 1.165) is 18.7 Å². The summed E-state index contributed by atoms with van der Waals surface area (Å²) in [5, 5.41) is 0. The minimum absolute atomic E-state index is 0.0456. The van der Waals surface area contributed by atoms with Crippen LogP contribution in [0.15, 0.2) is 11.9 Å². The quantitative estimate of drug-likeness (QED) is 0.435. The lowest BCUT2D eigenvalue weighted by atomic mass is 9.75. The smallest absolute Gasteiger partial charge is 0.348 e. The summed E-state index contributed by atoms with van der Waals surface area (Å²) < 4.78 is 22.2. The number of hydrogen-bond donors (Lipinski definition) is 2. The molecule has 1 fully saturated rings. The van der Waals surface area contributed by atoms with E-state index in [9.17, 15) is 4.57 Å². The zero-order valence-corrected chi connectivity index (χ0v) is 13.8. The van der Waals surface area contributed by atoms with Crippen LogP contribution in [-0.4, -0.2) is 35.3 Å². The zero-order chi connectivity index (χ0) is 14.0. The van der Waals surface area contributed by atoms with Gasteiger partial charge in [0.1, 0.15) is 42.6 Å². The minimum atomic E-state index is -4.17. The molecule has 104 valence electrons. The van der Waals surface area contributed by atoms with E-state index in [0.29, 0.717) is 5.92 Å². The van der Waals surface area contributed by atoms with Crippen molar-refractivity contribution in [2.24, 2.45) is 5.92 Å². The van der Waals surface area contributed by atoms with Crippen molar-refractivity contribution in [3.8, 4) is 0 Å². The van der Waals surface area contributed by atoms with E-state index in [1.165, 1.54) is 6.08 Å². The lowest BCUT2D eigenvalue weighted by molar-refractivity contribution is -0.133. The molecule has 1 rings (SSSR count). The molecule has 1 unspecified atom stereocenters. The van der Waals surface area contributed by atoms with E-state index >= 15 is 0 Å². The average molecular weight is 388 g/mol. The molecular weight excluding hydrogens is 369 g/mol. The Bertz CT molecular complexity index is 360. The lowest BCUT2D eigenvalue weighted by Gasteiger charge is -2.45. The number of ether oxygens (including phenoxy) is 1. The third kappa shape index (κ3) is 4.32. The summed E-state index contributed by atoms with van der Waals surface area (Å²) in [5.41, 5.74) is -0.798. The van der Waals surface area contributed by atoms with E-state index in [1.54, 1.807) is 6.92 Å². The molecule has 0 radical (unpaired) electrons. The van der Waals surface area contributed by atoms with Gasteiger partial charge in [0.05, 0.1) is 0 Å². The molecule has 0 aromatic heterocycles. The van der Waals surface area contributed by atoms with Gasteiger partial charge in [0.2, 0.25) is 0 Å². The first-order valence-corrected chi connectivity index (χ1v) is 8.49. The SMILES string of the molecule is BC1O[C@](C)(/C=C/P(=O)(O)O)[C@@H](OI)C[C@H]1CC. The van der Waals surface area contributed by atoms with Crippen LogP contribution < -0.4 is 0 Å². The highest BCUT2D eigenvalue weighted by Gasteiger charge is 2.43. The second-order valence-electron chi connectivity index (χ2n) is 4.89. The van der Waals surface area contributed by atoms with Crippen molar-refractivity contribution in [3.63, 3.8) is 0 Å². The highest BCUT2D eigenvalue weighted by atomic mass is 127. The molecule has 4 atom stereocenters. The first-order valence-electron chi connectivity index (χ1n) is 5.92. The Morgan fingerprint density at radius 2 is 2.28 bits per heavy atom. The monoisotopic (exact) mass is 388 g/mol. The van der Waals surface area contributed by atoms with E-state index in [1.807, 2.05) is 30.9 Å². The van der Waals surface area contributed by atoms with Crippen LogP contribution in [-0.2, 0) is 12.4 Å². The summed E-state index contributed by atoms with van der Waals surface area (Å²) in [6.07, 6.45) is 3.04. The standard InChI is InChI=1S/C10H19BIO5P/c1-3-7-6-8(17-12)10(2,16-9(7)11)4-5-18(13,14)15/h4-5,7-9H,3,6,11H2,1-2H3,(H2,13,14,15)/b5-4+/t7-,8+,9?,10-/m1/s1. The Kier molecular flexibility index (Phi) is 5.90. The number of halogens is 1. The maximum absolute atomic E-state index is 10.9. The van der Waals surface area contributed by atoms with Crippen molar-refractivity contribution < 1.29 is 22.2 Å². The van der Waals surface area contributed by atoms with Gasteiger partial charge >= 0.3 is 7.60 Å². The summed E-state index contributed by atoms with van der Waals surface area (Å²) in [7, 11) is -2.19. The predicted octanol–water partition coefficient (Wildman–Crippen LogP) is 1.58. The van der Waals surface area contributed by atoms with Gasteiger partial charge in [-0.2, -0.15) is 0 Å². The molecule has 0 amide bonds. The topological polar surface area (TPSA) is 76.0 Å². The molecule has 0 bridgehead atoms. The van der Waals surface area contributed by atoms with Crippen LogP contribution >= 0.6 is 30.6 Å². The van der Waals surface area contributed by atoms with Crippen molar-refractivity contribution in [2.45, 2.75) is 44.4 Å². The average Bonchev–Trinajstić information content (AvgIpc) is 2.26. The molecule has 0 aliphatic carbocycles. The van der Waals surface area contributed by atoms with Crippen molar-refractivity contribution >= 4 is 38.4 Å². The first kappa shape index (κ1) is 16.7. The summed E-state index contributed by atoms with van der Waals surface area (Å²) in [6.45, 7) is 3.90. The molecule has 5 nitrogen and oxygen atoms in total. The normalized spacial score (nSPS) is 38.2. The molecule has 1 saturated heterocycles. The van der Waals surface area contributed by atoms with Gasteiger partial charge in [0, 0.05) is 11.8 Å². The Morgan fingerprint density at radius 1 is 1.67 bits per heavy atom. The van der Waals surface area contributed by atoms with Crippen molar-refractivity contribution in [1.82, 2.24) is 0 Å². The maximum Gasteiger partial charge on any atom is 0.348 e. The zero-order valence-electron chi connectivity index (χ0n) is 10.7. The van der Waals surface area contributed by atoms with Crippen molar-refractivity contribution in [2.75, 3.05) is 0 Å². The summed E-state index contributed by atoms with van der Waals surface area (Å²) in [5.74, 6) is 1.30. The van der Waals surface area contributed by atoms with Crippen molar-refractivity contribution in [1.29, 1.82) is 0 Å². The van der Waals surface area contributed by atoms with Crippen LogP contribution in [0.5, 0.6) is 0 Å². The highest BCUT2D eigenvalue weighted by Crippen LogP contribution is 2.41. The molecular formula is C10H19BIO5P. The van der Waals surface area contributed by atoms with E-state index < -0.39 is 13.2 Å². The molecule has 1 heterocycles. The van der Waals surface area contributed by atoms with Crippen molar-refractivity contribution in [3.05, 3.63) is 11.9 Å². The fraction of sp³-hybridized carbons (Fsp3) is 0.800. The summed E-state index contributed by atoms with van der Waals surface area (Å²) in [4.78, 5) is 17.8. The second-order valence-corrected chi connectivity index (χ2v) is 6.88. The van der Waals surface area contributed by atoms with Crippen LogP contribution in [0.3, 0.4) is 0 Å². The second kappa shape index (κ2) is 6.37. The van der Waals surface area contributed by atoms with Gasteiger partial charge in [-0.25, -0.2) is 0 Å². The third-order valence-corrected chi connectivity index (χ3v) is 4.64. The minimum Gasteiger partial charge on any atom is -0.374 e. The van der Waals surface area contributed by atoms with E-state index in [-0.39, 0.29) is 12.1 Å². The Labute approximate surface area is 123 Å². The van der Waals surface area contributed by atoms with Crippen LogP contribution in [0.1, 0.15) is 26.7 Å². The highest BCUT2D eigenvalue weighted by molar-refractivity contribution is 14.1. The fourth-order valence-electron chi connectivity index (χ4n) is 2.29. The van der Waals surface area contributed by atoms with Crippen LogP contribution in [0.4, 0.5) is 0 Å². The van der Waals surface area contributed by atoms with E-state index in [4.69, 9.17) is 17.6 Å². The van der Waals surface area contributed by atoms with Crippen LogP contribution in [0.2, 0.25) is 0 Å². The van der Waals surface area contributed by atoms with Gasteiger partial charge < -0.3 is 17.6 Å². The predicted molar refractivity (Wildman–Crippen MR) is 80.3 cm³/mol. The number of rotatable bonds is 4. The lowest BCUT2D eigenvalue weighted by Crippen LogP contribution is -2.51. The molecule has 0 aromatic rings. The van der Waals surface area contributed by atoms with Crippen LogP contribution in [0, 0.1) is 5.92 Å². The van der Waals surface area contributed by atoms with Gasteiger partial charge in [-0.1, -0.05) is 13.3 Å². The molecule has 1 aliphatic rings. The Balaban J connectivity index is 2.91. The molecule has 0 aromatic carbocycles. The van der Waals surface area contributed by atoms with Gasteiger partial charge in [0.15, 0.2) is 0 Å². The third-order valence-electron chi connectivity index (χ3n) is 3.49. The Morgan fingerprint density at radius 3 is 2.72 bits per heavy atom. The summed E-state index contributed by atoms with van der Waals surface area (Å²) >= 11 is 1.82. The maximum atomic E-state index is 10.9. The fourth-order valence-corrected chi connectivity index (χ4v) is 3.49. The molecule has 18 heavy (non-hydrogen) atoms. The molecule has 0 spiro atoms. The molecule has 2 N–H and O–H groups in total.